The molecule has 0 aliphatic rings. The van der Waals surface area contributed by atoms with Gasteiger partial charge in [0.05, 0.1) is 22.5 Å². The highest BCUT2D eigenvalue weighted by atomic mass is 35.5. The second-order valence-electron chi connectivity index (χ2n) is 7.80. The molecule has 0 heterocycles. The molecule has 0 fully saturated rings. The van der Waals surface area contributed by atoms with E-state index in [2.05, 4.69) is 10.0 Å². The highest BCUT2D eigenvalue weighted by Gasteiger charge is 2.30. The van der Waals surface area contributed by atoms with Crippen molar-refractivity contribution in [1.29, 1.82) is 0 Å². The van der Waals surface area contributed by atoms with Crippen molar-refractivity contribution in [2.24, 2.45) is 0 Å². The molecule has 186 valence electrons. The van der Waals surface area contributed by atoms with Crippen molar-refractivity contribution in [2.45, 2.75) is 24.8 Å². The minimum Gasteiger partial charge on any atom is -0.324 e. The summed E-state index contributed by atoms with van der Waals surface area (Å²) in [5.41, 5.74) is 1.51. The van der Waals surface area contributed by atoms with E-state index in [0.717, 1.165) is 10.6 Å². The number of aryl methyl sites for hydroxylation is 1. The summed E-state index contributed by atoms with van der Waals surface area (Å²) < 4.78 is 53.8. The molecule has 1 atom stereocenters. The second-order valence-corrected chi connectivity index (χ2v) is 12.2. The number of nitrogens with zero attached hydrogens (tertiary/aromatic N) is 1. The third kappa shape index (κ3) is 6.66. The molecule has 3 rings (SSSR count). The van der Waals surface area contributed by atoms with Gasteiger partial charge in [-0.1, -0.05) is 35.3 Å². The summed E-state index contributed by atoms with van der Waals surface area (Å²) in [6.07, 6.45) is 1.00. The number of amides is 1. The molecule has 0 spiro atoms. The average molecular weight is 556 g/mol. The molecular weight excluding hydrogens is 533 g/mol. The highest BCUT2D eigenvalue weighted by Crippen LogP contribution is 2.29. The fraction of sp³-hybridized carbons (Fsp3) is 0.174. The van der Waals surface area contributed by atoms with Crippen LogP contribution in [0.2, 0.25) is 10.0 Å². The summed E-state index contributed by atoms with van der Waals surface area (Å²) in [5.74, 6) is -0.609. The Morgan fingerprint density at radius 1 is 0.886 bits per heavy atom. The lowest BCUT2D eigenvalue weighted by molar-refractivity contribution is -0.116. The molecule has 0 radical (unpaired) electrons. The van der Waals surface area contributed by atoms with E-state index in [9.17, 15) is 21.6 Å². The summed E-state index contributed by atoms with van der Waals surface area (Å²) in [6.45, 7) is 3.16. The van der Waals surface area contributed by atoms with Gasteiger partial charge in [-0.05, 0) is 74.0 Å². The fourth-order valence-corrected chi connectivity index (χ4v) is 5.96. The minimum atomic E-state index is -3.89. The van der Waals surface area contributed by atoms with Crippen LogP contribution in [0.25, 0.3) is 0 Å². The predicted molar refractivity (Wildman–Crippen MR) is 140 cm³/mol. The predicted octanol–water partition coefficient (Wildman–Crippen LogP) is 4.90. The van der Waals surface area contributed by atoms with Crippen molar-refractivity contribution in [3.63, 3.8) is 0 Å². The van der Waals surface area contributed by atoms with E-state index in [1.807, 2.05) is 0 Å². The number of carbonyl (C=O) groups excluding carboxylic acids is 1. The first-order chi connectivity index (χ1) is 16.3. The van der Waals surface area contributed by atoms with Crippen LogP contribution in [0.5, 0.6) is 0 Å². The lowest BCUT2D eigenvalue weighted by Crippen LogP contribution is -2.45. The van der Waals surface area contributed by atoms with Gasteiger partial charge in [-0.25, -0.2) is 16.8 Å². The SMILES string of the molecule is Cc1ccc(Cl)cc1N([C@@H](C)C(=O)Nc1ccc(S(=O)(=O)Nc2cccc(Cl)c2)cc1)S(C)(=O)=O. The maximum atomic E-state index is 12.9. The Bertz CT molecular complexity index is 1460. The Morgan fingerprint density at radius 3 is 2.11 bits per heavy atom. The lowest BCUT2D eigenvalue weighted by atomic mass is 10.1. The molecule has 0 saturated heterocycles. The van der Waals surface area contributed by atoms with Gasteiger partial charge in [-0.3, -0.25) is 13.8 Å². The molecule has 0 saturated carbocycles. The summed E-state index contributed by atoms with van der Waals surface area (Å²) in [4.78, 5) is 12.9. The van der Waals surface area contributed by atoms with Gasteiger partial charge < -0.3 is 5.32 Å². The minimum absolute atomic E-state index is 0.0316. The molecule has 3 aromatic rings. The fourth-order valence-electron chi connectivity index (χ4n) is 3.33. The summed E-state index contributed by atoms with van der Waals surface area (Å²) in [5, 5.41) is 3.33. The first-order valence-corrected chi connectivity index (χ1v) is 14.3. The third-order valence-electron chi connectivity index (χ3n) is 5.01. The number of anilines is 3. The second kappa shape index (κ2) is 10.4. The van der Waals surface area contributed by atoms with Crippen LogP contribution in [0, 0.1) is 6.92 Å². The molecule has 3 aromatic carbocycles. The third-order valence-corrected chi connectivity index (χ3v) is 8.10. The van der Waals surface area contributed by atoms with Gasteiger partial charge >= 0.3 is 0 Å². The van der Waals surface area contributed by atoms with Gasteiger partial charge in [-0.2, -0.15) is 0 Å². The first-order valence-electron chi connectivity index (χ1n) is 10.2. The summed E-state index contributed by atoms with van der Waals surface area (Å²) >= 11 is 12.0. The van der Waals surface area contributed by atoms with Gasteiger partial charge in [0.2, 0.25) is 15.9 Å². The topological polar surface area (TPSA) is 113 Å². The quantitative estimate of drug-likeness (QED) is 0.410. The number of nitrogens with one attached hydrogen (secondary N) is 2. The van der Waals surface area contributed by atoms with Crippen LogP contribution in [-0.2, 0) is 24.8 Å². The number of rotatable bonds is 8. The Hall–Kier alpha value is -2.79. The van der Waals surface area contributed by atoms with E-state index < -0.39 is 32.0 Å². The Morgan fingerprint density at radius 2 is 1.51 bits per heavy atom. The highest BCUT2D eigenvalue weighted by molar-refractivity contribution is 7.92. The largest absolute Gasteiger partial charge is 0.324 e. The number of hydrogen-bond donors (Lipinski definition) is 2. The van der Waals surface area contributed by atoms with E-state index in [4.69, 9.17) is 23.2 Å². The van der Waals surface area contributed by atoms with Crippen LogP contribution in [-0.4, -0.2) is 35.0 Å². The summed E-state index contributed by atoms with van der Waals surface area (Å²) in [7, 11) is -7.73. The zero-order valence-electron chi connectivity index (χ0n) is 19.0. The monoisotopic (exact) mass is 555 g/mol. The molecule has 2 N–H and O–H groups in total. The Kier molecular flexibility index (Phi) is 8.00. The van der Waals surface area contributed by atoms with E-state index in [1.54, 1.807) is 37.3 Å². The molecule has 8 nitrogen and oxygen atoms in total. The van der Waals surface area contributed by atoms with Gasteiger partial charge in [0.25, 0.3) is 10.0 Å². The van der Waals surface area contributed by atoms with Crippen molar-refractivity contribution in [2.75, 3.05) is 20.6 Å². The zero-order chi connectivity index (χ0) is 26.0. The number of sulfonamides is 2. The first kappa shape index (κ1) is 26.8. The molecule has 0 bridgehead atoms. The zero-order valence-corrected chi connectivity index (χ0v) is 22.1. The molecule has 0 aliphatic carbocycles. The smallest absolute Gasteiger partial charge is 0.261 e. The van der Waals surface area contributed by atoms with Crippen molar-refractivity contribution < 1.29 is 21.6 Å². The van der Waals surface area contributed by atoms with Gasteiger partial charge in [0.15, 0.2) is 0 Å². The standard InChI is InChI=1S/C23H23Cl2N3O5S2/c1-15-7-8-18(25)14-22(15)28(34(3,30)31)16(2)23(29)26-19-9-11-21(12-10-19)35(32,33)27-20-6-4-5-17(24)13-20/h4-14,16,27H,1-3H3,(H,26,29)/t16-/m0/s1. The summed E-state index contributed by atoms with van der Waals surface area (Å²) in [6, 6.07) is 15.4. The number of halogens is 2. The van der Waals surface area contributed by atoms with Gasteiger partial charge in [0, 0.05) is 15.7 Å². The van der Waals surface area contributed by atoms with E-state index in [-0.39, 0.29) is 10.6 Å². The lowest BCUT2D eigenvalue weighted by Gasteiger charge is -2.29. The maximum absolute atomic E-state index is 12.9. The number of hydrogen-bond acceptors (Lipinski definition) is 5. The van der Waals surface area contributed by atoms with E-state index in [1.165, 1.54) is 43.3 Å². The number of carbonyl (C=O) groups is 1. The van der Waals surface area contributed by atoms with Crippen LogP contribution >= 0.6 is 23.2 Å². The van der Waals surface area contributed by atoms with Gasteiger partial charge in [-0.15, -0.1) is 0 Å². The molecule has 0 aliphatic heterocycles. The molecule has 1 amide bonds. The molecule has 0 aromatic heterocycles. The van der Waals surface area contributed by atoms with Crippen LogP contribution in [0.1, 0.15) is 12.5 Å². The molecular formula is C23H23Cl2N3O5S2. The van der Waals surface area contributed by atoms with E-state index in [0.29, 0.717) is 27.0 Å². The maximum Gasteiger partial charge on any atom is 0.261 e. The average Bonchev–Trinajstić information content (AvgIpc) is 2.75. The van der Waals surface area contributed by atoms with Crippen molar-refractivity contribution >= 4 is 66.2 Å². The van der Waals surface area contributed by atoms with Crippen molar-refractivity contribution in [3.8, 4) is 0 Å². The van der Waals surface area contributed by atoms with Gasteiger partial charge in [0.1, 0.15) is 6.04 Å². The Balaban J connectivity index is 1.79. The van der Waals surface area contributed by atoms with Crippen LogP contribution in [0.4, 0.5) is 17.1 Å². The van der Waals surface area contributed by atoms with Crippen molar-refractivity contribution in [1.82, 2.24) is 0 Å². The molecule has 35 heavy (non-hydrogen) atoms. The van der Waals surface area contributed by atoms with Crippen LogP contribution in [0.15, 0.2) is 71.6 Å². The molecule has 0 unspecified atom stereocenters. The Labute approximate surface area is 215 Å². The number of benzene rings is 3. The van der Waals surface area contributed by atoms with Crippen molar-refractivity contribution in [3.05, 3.63) is 82.3 Å². The van der Waals surface area contributed by atoms with Crippen LogP contribution < -0.4 is 14.3 Å². The van der Waals surface area contributed by atoms with Crippen LogP contribution in [0.3, 0.4) is 0 Å². The van der Waals surface area contributed by atoms with E-state index >= 15 is 0 Å². The normalized spacial score (nSPS) is 12.6. The molecule has 12 heteroatoms.